The molecule has 0 spiro atoms. The van der Waals surface area contributed by atoms with Crippen molar-refractivity contribution in [1.29, 1.82) is 0 Å². The van der Waals surface area contributed by atoms with E-state index in [4.69, 9.17) is 24.7 Å². The second kappa shape index (κ2) is 9.85. The molecule has 1 saturated heterocycles. The van der Waals surface area contributed by atoms with Crippen LogP contribution in [0.3, 0.4) is 0 Å². The van der Waals surface area contributed by atoms with Crippen LogP contribution in [0, 0.1) is 0 Å². The minimum absolute atomic E-state index is 0.140. The summed E-state index contributed by atoms with van der Waals surface area (Å²) in [6.07, 6.45) is -2.67. The van der Waals surface area contributed by atoms with Crippen molar-refractivity contribution in [2.75, 3.05) is 6.61 Å². The van der Waals surface area contributed by atoms with E-state index < -0.39 is 47.3 Å². The van der Waals surface area contributed by atoms with Crippen LogP contribution in [-0.4, -0.2) is 68.8 Å². The van der Waals surface area contributed by atoms with Gasteiger partial charge in [0, 0.05) is 0 Å². The summed E-state index contributed by atoms with van der Waals surface area (Å²) >= 11 is -0.200. The quantitative estimate of drug-likeness (QED) is 0.355. The number of hydrogen-bond donors (Lipinski definition) is 1. The summed E-state index contributed by atoms with van der Waals surface area (Å²) in [6.45, 7) is 3.62. The Balaban J connectivity index is 2.27. The number of rotatable bonds is 6. The van der Waals surface area contributed by atoms with Gasteiger partial charge in [-0.1, -0.05) is 0 Å². The maximum atomic E-state index is 11.6. The van der Waals surface area contributed by atoms with E-state index in [0.717, 1.165) is 4.46 Å². The van der Waals surface area contributed by atoms with Crippen molar-refractivity contribution in [3.8, 4) is 0 Å². The Kier molecular flexibility index (Phi) is 7.79. The average molecular weight is 444 g/mol. The van der Waals surface area contributed by atoms with Crippen LogP contribution in [0.1, 0.15) is 20.8 Å². The fourth-order valence-electron chi connectivity index (χ4n) is 2.67. The topological polar surface area (TPSA) is 114 Å². The van der Waals surface area contributed by atoms with Crippen molar-refractivity contribution in [3.05, 3.63) is 30.3 Å². The molecule has 5 atom stereocenters. The molecule has 2 rings (SSSR count). The van der Waals surface area contributed by atoms with Crippen LogP contribution in [0.2, 0.25) is 0 Å². The van der Waals surface area contributed by atoms with E-state index in [1.54, 1.807) is 0 Å². The van der Waals surface area contributed by atoms with E-state index in [-0.39, 0.29) is 21.6 Å². The number of hydrogen-bond acceptors (Lipinski definition) is 8. The van der Waals surface area contributed by atoms with Gasteiger partial charge in [-0.2, -0.15) is 0 Å². The first kappa shape index (κ1) is 21.4. The molecule has 0 bridgehead atoms. The summed E-state index contributed by atoms with van der Waals surface area (Å²) in [6, 6.07) is 8.93. The Morgan fingerprint density at radius 1 is 1.00 bits per heavy atom. The van der Waals surface area contributed by atoms with E-state index in [9.17, 15) is 14.4 Å². The molecule has 1 heterocycles. The first-order chi connectivity index (χ1) is 12.8. The Hall–Kier alpha value is -1.93. The van der Waals surface area contributed by atoms with Gasteiger partial charge in [0.2, 0.25) is 0 Å². The van der Waals surface area contributed by atoms with Gasteiger partial charge in [0.1, 0.15) is 0 Å². The third-order valence-electron chi connectivity index (χ3n) is 3.74. The summed E-state index contributed by atoms with van der Waals surface area (Å²) in [7, 11) is 0. The van der Waals surface area contributed by atoms with Crippen molar-refractivity contribution in [1.82, 2.24) is 0 Å². The first-order valence-corrected chi connectivity index (χ1v) is 10.2. The summed E-state index contributed by atoms with van der Waals surface area (Å²) in [5.74, 6) is -1.62. The number of ether oxygens (including phenoxy) is 4. The number of nitrogens with two attached hydrogens (primary N) is 1. The summed E-state index contributed by atoms with van der Waals surface area (Å²) in [4.78, 5) is 34.4. The van der Waals surface area contributed by atoms with Gasteiger partial charge in [-0.3, -0.25) is 0 Å². The number of benzene rings is 1. The Labute approximate surface area is 163 Å². The summed E-state index contributed by atoms with van der Waals surface area (Å²) in [5.41, 5.74) is 6.32. The number of esters is 3. The van der Waals surface area contributed by atoms with Crippen molar-refractivity contribution in [2.24, 2.45) is 5.73 Å². The Morgan fingerprint density at radius 3 is 2.15 bits per heavy atom. The molecule has 27 heavy (non-hydrogen) atoms. The SMILES string of the molecule is CC(=O)OC[C@H]1O[C@H]([Se]c2ccccc2)[C@@H](N)[C@@H](OC(C)=O)[C@@H]1OC(C)=O. The molecule has 0 unspecified atom stereocenters. The second-order valence-electron chi connectivity index (χ2n) is 6.00. The standard InChI is InChI=1S/C18H23NO7Se/c1-10(20)23-9-14-16(24-11(2)21)17(25-12(3)22)15(19)18(26-14)27-13-7-5-4-6-8-13/h4-8,14-18H,9,19H2,1-3H3/t14-,15+,16-,17-,18-/m1/s1. The van der Waals surface area contributed by atoms with Crippen LogP contribution in [0.25, 0.3) is 0 Å². The fraction of sp³-hybridized carbons (Fsp3) is 0.500. The average Bonchev–Trinajstić information content (AvgIpc) is 2.59. The molecule has 0 saturated carbocycles. The number of carbonyl (C=O) groups excluding carboxylic acids is 3. The second-order valence-corrected chi connectivity index (χ2v) is 8.46. The van der Waals surface area contributed by atoms with Crippen molar-refractivity contribution >= 4 is 37.3 Å². The van der Waals surface area contributed by atoms with E-state index in [0.29, 0.717) is 0 Å². The molecule has 1 aromatic rings. The van der Waals surface area contributed by atoms with Crippen LogP contribution in [0.15, 0.2) is 30.3 Å². The van der Waals surface area contributed by atoms with Gasteiger partial charge < -0.3 is 0 Å². The van der Waals surface area contributed by atoms with Gasteiger partial charge in [-0.05, 0) is 0 Å². The molecule has 1 aliphatic heterocycles. The zero-order chi connectivity index (χ0) is 20.0. The molecule has 0 amide bonds. The molecule has 148 valence electrons. The fourth-order valence-corrected chi connectivity index (χ4v) is 4.96. The molecule has 2 N–H and O–H groups in total. The van der Waals surface area contributed by atoms with E-state index in [2.05, 4.69) is 0 Å². The van der Waals surface area contributed by atoms with Crippen molar-refractivity contribution < 1.29 is 33.3 Å². The maximum absolute atomic E-state index is 11.6. The van der Waals surface area contributed by atoms with Gasteiger partial charge >= 0.3 is 163 Å². The molecule has 0 aromatic heterocycles. The molecule has 1 fully saturated rings. The Bertz CT molecular complexity index is 669. The zero-order valence-electron chi connectivity index (χ0n) is 15.3. The molecule has 1 aromatic carbocycles. The van der Waals surface area contributed by atoms with Gasteiger partial charge in [0.25, 0.3) is 0 Å². The first-order valence-electron chi connectivity index (χ1n) is 8.38. The van der Waals surface area contributed by atoms with Crippen LogP contribution in [-0.2, 0) is 33.3 Å². The molecular weight excluding hydrogens is 421 g/mol. The Morgan fingerprint density at radius 2 is 1.59 bits per heavy atom. The van der Waals surface area contributed by atoms with Crippen LogP contribution >= 0.6 is 0 Å². The van der Waals surface area contributed by atoms with Crippen LogP contribution < -0.4 is 10.2 Å². The third kappa shape index (κ3) is 6.32. The predicted octanol–water partition coefficient (Wildman–Crippen LogP) is -0.505. The molecular formula is C18H23NO7Se. The van der Waals surface area contributed by atoms with E-state index in [1.165, 1.54) is 20.8 Å². The molecule has 8 nitrogen and oxygen atoms in total. The summed E-state index contributed by atoms with van der Waals surface area (Å²) < 4.78 is 22.8. The van der Waals surface area contributed by atoms with Crippen molar-refractivity contribution in [3.63, 3.8) is 0 Å². The van der Waals surface area contributed by atoms with Crippen LogP contribution in [0.5, 0.6) is 0 Å². The minimum atomic E-state index is -0.969. The third-order valence-corrected chi connectivity index (χ3v) is 6.27. The molecule has 9 heteroatoms. The van der Waals surface area contributed by atoms with E-state index >= 15 is 0 Å². The van der Waals surface area contributed by atoms with Gasteiger partial charge in [0.05, 0.1) is 0 Å². The van der Waals surface area contributed by atoms with Crippen molar-refractivity contribution in [2.45, 2.75) is 50.1 Å². The molecule has 0 radical (unpaired) electrons. The monoisotopic (exact) mass is 445 g/mol. The zero-order valence-corrected chi connectivity index (χ0v) is 17.0. The van der Waals surface area contributed by atoms with Gasteiger partial charge in [0.15, 0.2) is 0 Å². The van der Waals surface area contributed by atoms with Gasteiger partial charge in [-0.15, -0.1) is 0 Å². The van der Waals surface area contributed by atoms with Crippen LogP contribution in [0.4, 0.5) is 0 Å². The number of carbonyl (C=O) groups is 3. The summed E-state index contributed by atoms with van der Waals surface area (Å²) in [5, 5.41) is -0.461. The van der Waals surface area contributed by atoms with E-state index in [1.807, 2.05) is 30.3 Å². The molecule has 0 aliphatic carbocycles. The predicted molar refractivity (Wildman–Crippen MR) is 96.2 cm³/mol. The normalized spacial score (nSPS) is 27.5. The molecule has 1 aliphatic rings. The van der Waals surface area contributed by atoms with Gasteiger partial charge in [-0.25, -0.2) is 0 Å².